The number of hydrogen-bond acceptors (Lipinski definition) is 2. The Kier molecular flexibility index (Phi) is 5.06. The van der Waals surface area contributed by atoms with E-state index in [1.807, 2.05) is 96.8 Å². The average Bonchev–Trinajstić information content (AvgIpc) is 3.00. The van der Waals surface area contributed by atoms with Crippen LogP contribution >= 0.6 is 23.4 Å². The van der Waals surface area contributed by atoms with E-state index in [-0.39, 0.29) is 11.3 Å². The maximum Gasteiger partial charge on any atom is 0.266 e. The Balaban J connectivity index is 1.77. The number of halogens is 1. The molecule has 0 radical (unpaired) electrons. The molecule has 2 nitrogen and oxygen atoms in total. The first-order valence-corrected chi connectivity index (χ1v) is 9.97. The highest BCUT2D eigenvalue weighted by molar-refractivity contribution is 8.05. The smallest absolute Gasteiger partial charge is 0.266 e. The zero-order valence-electron chi connectivity index (χ0n) is 14.8. The third-order valence-corrected chi connectivity index (χ3v) is 5.97. The molecule has 0 aliphatic carbocycles. The summed E-state index contributed by atoms with van der Waals surface area (Å²) >= 11 is 7.63. The molecule has 0 saturated carbocycles. The second-order valence-corrected chi connectivity index (χ2v) is 8.01. The Labute approximate surface area is 168 Å². The van der Waals surface area contributed by atoms with Gasteiger partial charge in [-0.25, -0.2) is 0 Å². The Hall–Kier alpha value is -2.49. The fraction of sp³-hybridized carbons (Fsp3) is 0.0870. The molecule has 4 heteroatoms. The molecular weight excluding hydrogens is 374 g/mol. The number of nitrogens with zero attached hydrogens (tertiary/aromatic N) is 1. The number of amides is 1. The number of aryl methyl sites for hydroxylation is 1. The molecule has 1 saturated heterocycles. The van der Waals surface area contributed by atoms with Gasteiger partial charge in [-0.2, -0.15) is 0 Å². The van der Waals surface area contributed by atoms with E-state index in [0.29, 0.717) is 5.02 Å². The normalized spacial score (nSPS) is 18.3. The van der Waals surface area contributed by atoms with Gasteiger partial charge in [0.2, 0.25) is 0 Å². The number of hydrogen-bond donors (Lipinski definition) is 0. The van der Waals surface area contributed by atoms with E-state index in [1.165, 1.54) is 5.56 Å². The Morgan fingerprint density at radius 1 is 0.926 bits per heavy atom. The van der Waals surface area contributed by atoms with Crippen LogP contribution in [0.1, 0.15) is 22.1 Å². The van der Waals surface area contributed by atoms with Gasteiger partial charge in [0.15, 0.2) is 0 Å². The lowest BCUT2D eigenvalue weighted by molar-refractivity contribution is -0.114. The first-order valence-electron chi connectivity index (χ1n) is 8.71. The quantitative estimate of drug-likeness (QED) is 0.477. The van der Waals surface area contributed by atoms with Crippen molar-refractivity contribution in [1.29, 1.82) is 0 Å². The van der Waals surface area contributed by atoms with Crippen LogP contribution in [0.2, 0.25) is 5.02 Å². The first kappa shape index (κ1) is 17.9. The Morgan fingerprint density at radius 3 is 2.26 bits per heavy atom. The van der Waals surface area contributed by atoms with Gasteiger partial charge in [-0.15, -0.1) is 0 Å². The molecule has 3 aromatic carbocycles. The molecule has 1 atom stereocenters. The van der Waals surface area contributed by atoms with Crippen molar-refractivity contribution in [2.45, 2.75) is 12.3 Å². The number of rotatable bonds is 3. The molecule has 1 fully saturated rings. The Morgan fingerprint density at radius 2 is 1.59 bits per heavy atom. The predicted molar refractivity (Wildman–Crippen MR) is 115 cm³/mol. The van der Waals surface area contributed by atoms with Gasteiger partial charge in [0.1, 0.15) is 5.37 Å². The Bertz CT molecular complexity index is 981. The van der Waals surface area contributed by atoms with E-state index >= 15 is 0 Å². The minimum absolute atomic E-state index is 0.0210. The second kappa shape index (κ2) is 7.63. The highest BCUT2D eigenvalue weighted by Gasteiger charge is 2.38. The summed E-state index contributed by atoms with van der Waals surface area (Å²) in [5, 5.41) is 0.572. The number of carbonyl (C=O) groups excluding carboxylic acids is 1. The first-order chi connectivity index (χ1) is 13.1. The zero-order chi connectivity index (χ0) is 18.8. The predicted octanol–water partition coefficient (Wildman–Crippen LogP) is 6.47. The van der Waals surface area contributed by atoms with Crippen LogP contribution in [0.3, 0.4) is 0 Å². The van der Waals surface area contributed by atoms with Crippen molar-refractivity contribution < 1.29 is 4.79 Å². The standard InChI is InChI=1S/C23H18ClNOS/c1-16-7-13-20(14-8-16)25-22(26)21(15-17-5-3-2-4-6-17)27-23(25)18-9-11-19(24)12-10-18/h2-15,23H,1H3/b21-15+. The summed E-state index contributed by atoms with van der Waals surface area (Å²) in [4.78, 5) is 15.9. The summed E-state index contributed by atoms with van der Waals surface area (Å²) in [6, 6.07) is 25.7. The molecule has 0 N–H and O–H groups in total. The van der Waals surface area contributed by atoms with Crippen LogP contribution in [0.4, 0.5) is 5.69 Å². The lowest BCUT2D eigenvalue weighted by Crippen LogP contribution is -2.27. The van der Waals surface area contributed by atoms with E-state index in [0.717, 1.165) is 21.7 Å². The van der Waals surface area contributed by atoms with Crippen molar-refractivity contribution in [2.75, 3.05) is 4.90 Å². The molecule has 27 heavy (non-hydrogen) atoms. The van der Waals surface area contributed by atoms with Crippen LogP contribution in [0.25, 0.3) is 6.08 Å². The third kappa shape index (κ3) is 3.80. The van der Waals surface area contributed by atoms with Gasteiger partial charge in [0.25, 0.3) is 5.91 Å². The molecule has 3 aromatic rings. The van der Waals surface area contributed by atoms with Crippen molar-refractivity contribution in [2.24, 2.45) is 0 Å². The van der Waals surface area contributed by atoms with Crippen LogP contribution in [0.15, 0.2) is 83.8 Å². The summed E-state index contributed by atoms with van der Waals surface area (Å²) in [5.74, 6) is 0.0210. The molecule has 1 aliphatic heterocycles. The van der Waals surface area contributed by atoms with Crippen molar-refractivity contribution in [1.82, 2.24) is 0 Å². The van der Waals surface area contributed by atoms with E-state index in [1.54, 1.807) is 11.8 Å². The highest BCUT2D eigenvalue weighted by Crippen LogP contribution is 2.48. The third-order valence-electron chi connectivity index (χ3n) is 4.47. The molecule has 1 amide bonds. The average molecular weight is 392 g/mol. The van der Waals surface area contributed by atoms with E-state index in [9.17, 15) is 4.79 Å². The molecule has 1 heterocycles. The fourth-order valence-corrected chi connectivity index (χ4v) is 4.43. The summed E-state index contributed by atoms with van der Waals surface area (Å²) in [5.41, 5.74) is 4.14. The van der Waals surface area contributed by atoms with Crippen LogP contribution < -0.4 is 4.90 Å². The number of anilines is 1. The highest BCUT2D eigenvalue weighted by atomic mass is 35.5. The lowest BCUT2D eigenvalue weighted by Gasteiger charge is -2.24. The van der Waals surface area contributed by atoms with Gasteiger partial charge in [0, 0.05) is 10.7 Å². The van der Waals surface area contributed by atoms with Gasteiger partial charge in [-0.05, 0) is 48.4 Å². The SMILES string of the molecule is Cc1ccc(N2C(=O)/C(=C\c3ccccc3)SC2c2ccc(Cl)cc2)cc1. The maximum atomic E-state index is 13.3. The summed E-state index contributed by atoms with van der Waals surface area (Å²) in [7, 11) is 0. The van der Waals surface area contributed by atoms with E-state index in [2.05, 4.69) is 0 Å². The minimum Gasteiger partial charge on any atom is -0.291 e. The van der Waals surface area contributed by atoms with Crippen molar-refractivity contribution in [3.63, 3.8) is 0 Å². The molecule has 1 unspecified atom stereocenters. The van der Waals surface area contributed by atoms with Gasteiger partial charge in [-0.1, -0.05) is 83.5 Å². The maximum absolute atomic E-state index is 13.3. The molecule has 134 valence electrons. The molecule has 0 bridgehead atoms. The summed E-state index contributed by atoms with van der Waals surface area (Å²) in [6.07, 6.45) is 1.96. The van der Waals surface area contributed by atoms with Gasteiger partial charge in [-0.3, -0.25) is 9.69 Å². The van der Waals surface area contributed by atoms with Crippen molar-refractivity contribution in [3.05, 3.63) is 105 Å². The van der Waals surface area contributed by atoms with E-state index in [4.69, 9.17) is 11.6 Å². The van der Waals surface area contributed by atoms with Crippen LogP contribution in [-0.2, 0) is 4.79 Å². The second-order valence-electron chi connectivity index (χ2n) is 6.45. The zero-order valence-corrected chi connectivity index (χ0v) is 16.4. The van der Waals surface area contributed by atoms with Gasteiger partial charge >= 0.3 is 0 Å². The minimum atomic E-state index is -0.118. The molecular formula is C23H18ClNOS. The number of benzene rings is 3. The molecule has 1 aliphatic rings. The monoisotopic (exact) mass is 391 g/mol. The largest absolute Gasteiger partial charge is 0.291 e. The van der Waals surface area contributed by atoms with Crippen LogP contribution in [0, 0.1) is 6.92 Å². The van der Waals surface area contributed by atoms with Crippen molar-refractivity contribution in [3.8, 4) is 0 Å². The van der Waals surface area contributed by atoms with E-state index < -0.39 is 0 Å². The lowest BCUT2D eigenvalue weighted by atomic mass is 10.1. The number of thioether (sulfide) groups is 1. The van der Waals surface area contributed by atoms with Crippen LogP contribution in [0.5, 0.6) is 0 Å². The molecule has 0 spiro atoms. The number of carbonyl (C=O) groups is 1. The van der Waals surface area contributed by atoms with Gasteiger partial charge in [0.05, 0.1) is 4.91 Å². The molecule has 0 aromatic heterocycles. The van der Waals surface area contributed by atoms with Crippen molar-refractivity contribution >= 4 is 41.0 Å². The van der Waals surface area contributed by atoms with Crippen LogP contribution in [-0.4, -0.2) is 5.91 Å². The molecule has 4 rings (SSSR count). The van der Waals surface area contributed by atoms with Gasteiger partial charge < -0.3 is 0 Å². The summed E-state index contributed by atoms with van der Waals surface area (Å²) in [6.45, 7) is 2.04. The topological polar surface area (TPSA) is 20.3 Å². The fourth-order valence-electron chi connectivity index (χ4n) is 3.05. The summed E-state index contributed by atoms with van der Waals surface area (Å²) < 4.78 is 0.